The lowest BCUT2D eigenvalue weighted by Gasteiger charge is -2.19. The number of hydrogen-bond acceptors (Lipinski definition) is 3. The van der Waals surface area contributed by atoms with Crippen molar-refractivity contribution in [1.82, 2.24) is 5.32 Å². The monoisotopic (exact) mass is 217 g/mol. The molecule has 0 aliphatic rings. The van der Waals surface area contributed by atoms with E-state index in [-0.39, 0.29) is 5.60 Å². The molecule has 3 nitrogen and oxygen atoms in total. The van der Waals surface area contributed by atoms with Crippen LogP contribution in [0.25, 0.3) is 0 Å². The van der Waals surface area contributed by atoms with Gasteiger partial charge in [-0.2, -0.15) is 0 Å². The number of hydrogen-bond donors (Lipinski definition) is 1. The molecule has 0 aromatic heterocycles. The Balaban J connectivity index is 3.12. The summed E-state index contributed by atoms with van der Waals surface area (Å²) in [6.45, 7) is 13.6. The van der Waals surface area contributed by atoms with Crippen molar-refractivity contribution in [2.24, 2.45) is 0 Å². The van der Waals surface area contributed by atoms with Gasteiger partial charge < -0.3 is 14.8 Å². The van der Waals surface area contributed by atoms with Gasteiger partial charge in [-0.3, -0.25) is 0 Å². The Kier molecular flexibility index (Phi) is 8.02. The quantitative estimate of drug-likeness (QED) is 0.632. The first kappa shape index (κ1) is 14.9. The van der Waals surface area contributed by atoms with Gasteiger partial charge in [0.05, 0.1) is 25.4 Å². The fourth-order valence-electron chi connectivity index (χ4n) is 1.03. The van der Waals surface area contributed by atoms with Crippen molar-refractivity contribution in [3.63, 3.8) is 0 Å². The van der Waals surface area contributed by atoms with Crippen molar-refractivity contribution in [3.8, 4) is 0 Å². The van der Waals surface area contributed by atoms with E-state index in [0.717, 1.165) is 19.6 Å². The van der Waals surface area contributed by atoms with E-state index in [1.165, 1.54) is 0 Å². The van der Waals surface area contributed by atoms with Gasteiger partial charge in [0.2, 0.25) is 0 Å². The molecule has 1 atom stereocenters. The van der Waals surface area contributed by atoms with Crippen LogP contribution in [-0.2, 0) is 9.47 Å². The summed E-state index contributed by atoms with van der Waals surface area (Å²) < 4.78 is 11.0. The van der Waals surface area contributed by atoms with Crippen LogP contribution in [0.1, 0.15) is 41.0 Å². The minimum Gasteiger partial charge on any atom is -0.378 e. The highest BCUT2D eigenvalue weighted by Gasteiger charge is 2.08. The summed E-state index contributed by atoms with van der Waals surface area (Å²) in [5, 5.41) is 3.37. The Bertz CT molecular complexity index is 143. The zero-order chi connectivity index (χ0) is 11.7. The largest absolute Gasteiger partial charge is 0.378 e. The van der Waals surface area contributed by atoms with Gasteiger partial charge in [-0.25, -0.2) is 0 Å². The van der Waals surface area contributed by atoms with E-state index >= 15 is 0 Å². The highest BCUT2D eigenvalue weighted by Crippen LogP contribution is 2.05. The smallest absolute Gasteiger partial charge is 0.0707 e. The third kappa shape index (κ3) is 11.8. The second-order valence-electron chi connectivity index (χ2n) is 4.84. The van der Waals surface area contributed by atoms with Crippen molar-refractivity contribution < 1.29 is 9.47 Å². The summed E-state index contributed by atoms with van der Waals surface area (Å²) >= 11 is 0. The molecule has 0 rings (SSSR count). The minimum absolute atomic E-state index is 0.0572. The molecular weight excluding hydrogens is 190 g/mol. The first-order valence-electron chi connectivity index (χ1n) is 5.91. The third-order valence-corrected chi connectivity index (χ3v) is 2.11. The van der Waals surface area contributed by atoms with Gasteiger partial charge in [-0.05, 0) is 34.1 Å². The Morgan fingerprint density at radius 1 is 1.13 bits per heavy atom. The molecule has 0 aromatic rings. The van der Waals surface area contributed by atoms with Crippen molar-refractivity contribution >= 4 is 0 Å². The molecule has 1 unspecified atom stereocenters. The Labute approximate surface area is 94.5 Å². The molecule has 0 fully saturated rings. The molecule has 0 aromatic carbocycles. The molecule has 0 spiro atoms. The first-order chi connectivity index (χ1) is 6.95. The molecule has 3 heteroatoms. The Hall–Kier alpha value is -0.120. The predicted octanol–water partition coefficient (Wildman–Crippen LogP) is 2.21. The van der Waals surface area contributed by atoms with Crippen molar-refractivity contribution in [1.29, 1.82) is 0 Å². The van der Waals surface area contributed by atoms with E-state index in [0.29, 0.717) is 19.3 Å². The first-order valence-corrected chi connectivity index (χ1v) is 5.91. The molecule has 0 heterocycles. The zero-order valence-electron chi connectivity index (χ0n) is 10.9. The average Bonchev–Trinajstić information content (AvgIpc) is 2.14. The summed E-state index contributed by atoms with van der Waals surface area (Å²) in [5.74, 6) is 0. The van der Waals surface area contributed by atoms with Crippen LogP contribution in [0, 0.1) is 0 Å². The molecular formula is C12H27NO2. The zero-order valence-corrected chi connectivity index (χ0v) is 10.9. The van der Waals surface area contributed by atoms with Crippen LogP contribution in [0.5, 0.6) is 0 Å². The topological polar surface area (TPSA) is 30.5 Å². The van der Waals surface area contributed by atoms with Gasteiger partial charge in [-0.15, -0.1) is 0 Å². The second kappa shape index (κ2) is 8.08. The van der Waals surface area contributed by atoms with E-state index in [1.807, 2.05) is 0 Å². The molecule has 0 radical (unpaired) electrons. The molecule has 92 valence electrons. The van der Waals surface area contributed by atoms with Crippen LogP contribution in [-0.4, -0.2) is 38.0 Å². The van der Waals surface area contributed by atoms with Crippen molar-refractivity contribution in [2.75, 3.05) is 26.4 Å². The molecule has 0 saturated carbocycles. The number of nitrogens with one attached hydrogen (secondary N) is 1. The van der Waals surface area contributed by atoms with Crippen molar-refractivity contribution in [3.05, 3.63) is 0 Å². The van der Waals surface area contributed by atoms with E-state index in [2.05, 4.69) is 39.9 Å². The molecule has 15 heavy (non-hydrogen) atoms. The molecule has 0 aliphatic heterocycles. The maximum Gasteiger partial charge on any atom is 0.0707 e. The van der Waals surface area contributed by atoms with Crippen molar-refractivity contribution in [2.45, 2.75) is 52.7 Å². The second-order valence-corrected chi connectivity index (χ2v) is 4.84. The van der Waals surface area contributed by atoms with Crippen LogP contribution >= 0.6 is 0 Å². The third-order valence-electron chi connectivity index (χ3n) is 2.11. The maximum absolute atomic E-state index is 5.53. The van der Waals surface area contributed by atoms with Crippen LogP contribution in [0.3, 0.4) is 0 Å². The van der Waals surface area contributed by atoms with Gasteiger partial charge in [-0.1, -0.05) is 6.92 Å². The maximum atomic E-state index is 5.53. The van der Waals surface area contributed by atoms with Gasteiger partial charge in [0.1, 0.15) is 0 Å². The van der Waals surface area contributed by atoms with Crippen LogP contribution in [0.4, 0.5) is 0 Å². The van der Waals surface area contributed by atoms with E-state index in [1.54, 1.807) is 0 Å². The summed E-state index contributed by atoms with van der Waals surface area (Å²) in [6, 6.07) is 0.583. The summed E-state index contributed by atoms with van der Waals surface area (Å²) in [6.07, 6.45) is 1.16. The summed E-state index contributed by atoms with van der Waals surface area (Å²) in [5.41, 5.74) is -0.0572. The van der Waals surface area contributed by atoms with E-state index < -0.39 is 0 Å². The number of ether oxygens (including phenoxy) is 2. The van der Waals surface area contributed by atoms with Gasteiger partial charge in [0.25, 0.3) is 0 Å². The lowest BCUT2D eigenvalue weighted by atomic mass is 10.2. The average molecular weight is 217 g/mol. The fraction of sp³-hybridized carbons (Fsp3) is 1.00. The molecule has 1 N–H and O–H groups in total. The normalized spacial score (nSPS) is 14.2. The highest BCUT2D eigenvalue weighted by atomic mass is 16.5. The minimum atomic E-state index is -0.0572. The summed E-state index contributed by atoms with van der Waals surface area (Å²) in [7, 11) is 0. The number of rotatable bonds is 8. The summed E-state index contributed by atoms with van der Waals surface area (Å²) in [4.78, 5) is 0. The molecule has 0 aliphatic carbocycles. The van der Waals surface area contributed by atoms with Crippen LogP contribution in [0.15, 0.2) is 0 Å². The standard InChI is InChI=1S/C12H27NO2/c1-6-11(2)13-7-8-14-9-10-15-12(3,4)5/h11,13H,6-10H2,1-5H3. The lowest BCUT2D eigenvalue weighted by molar-refractivity contribution is -0.0344. The van der Waals surface area contributed by atoms with Crippen LogP contribution in [0.2, 0.25) is 0 Å². The predicted molar refractivity (Wildman–Crippen MR) is 64.3 cm³/mol. The molecule has 0 saturated heterocycles. The molecule has 0 bridgehead atoms. The Morgan fingerprint density at radius 3 is 2.33 bits per heavy atom. The van der Waals surface area contributed by atoms with E-state index in [4.69, 9.17) is 9.47 Å². The van der Waals surface area contributed by atoms with Gasteiger partial charge in [0, 0.05) is 12.6 Å². The van der Waals surface area contributed by atoms with E-state index in [9.17, 15) is 0 Å². The lowest BCUT2D eigenvalue weighted by Crippen LogP contribution is -2.29. The SMILES string of the molecule is CCC(C)NCCOCCOC(C)(C)C. The Morgan fingerprint density at radius 2 is 1.80 bits per heavy atom. The molecule has 0 amide bonds. The van der Waals surface area contributed by atoms with Gasteiger partial charge >= 0.3 is 0 Å². The fourth-order valence-corrected chi connectivity index (χ4v) is 1.03. The van der Waals surface area contributed by atoms with Gasteiger partial charge in [0.15, 0.2) is 0 Å². The highest BCUT2D eigenvalue weighted by molar-refractivity contribution is 4.58. The van der Waals surface area contributed by atoms with Crippen LogP contribution < -0.4 is 5.32 Å².